The van der Waals surface area contributed by atoms with Crippen LogP contribution >= 0.6 is 0 Å². The number of hydrogen-bond acceptors (Lipinski definition) is 6. The minimum absolute atomic E-state index is 0.0347. The molecule has 4 fully saturated rings. The lowest BCUT2D eigenvalue weighted by molar-refractivity contribution is -0.140. The summed E-state index contributed by atoms with van der Waals surface area (Å²) >= 11 is 0. The Morgan fingerprint density at radius 3 is 2.73 bits per heavy atom. The van der Waals surface area contributed by atoms with Gasteiger partial charge in [0, 0.05) is 13.5 Å². The highest BCUT2D eigenvalue weighted by molar-refractivity contribution is 5.96. The van der Waals surface area contributed by atoms with Crippen molar-refractivity contribution in [1.29, 1.82) is 0 Å². The predicted molar refractivity (Wildman–Crippen MR) is 111 cm³/mol. The van der Waals surface area contributed by atoms with Gasteiger partial charge < -0.3 is 26.1 Å². The van der Waals surface area contributed by atoms with E-state index in [0.29, 0.717) is 19.9 Å². The molecule has 182 valence electrons. The molecule has 4 aliphatic rings. The zero-order valence-electron chi connectivity index (χ0n) is 18.5. The second kappa shape index (κ2) is 7.69. The molecule has 5 rings (SSSR count). The molecule has 0 aromatic carbocycles. The molecule has 2 amide bonds. The van der Waals surface area contributed by atoms with Gasteiger partial charge in [-0.25, -0.2) is 9.37 Å². The molecule has 1 saturated heterocycles. The third-order valence-corrected chi connectivity index (χ3v) is 8.34. The van der Waals surface area contributed by atoms with Gasteiger partial charge in [-0.05, 0) is 55.9 Å². The molecule has 2 heterocycles. The van der Waals surface area contributed by atoms with Crippen molar-refractivity contribution >= 4 is 11.8 Å². The summed E-state index contributed by atoms with van der Waals surface area (Å²) in [6, 6.07) is -0.640. The van der Waals surface area contributed by atoms with Crippen molar-refractivity contribution in [1.82, 2.24) is 20.9 Å². The Morgan fingerprint density at radius 2 is 2.09 bits per heavy atom. The number of piperidine rings is 1. The van der Waals surface area contributed by atoms with E-state index in [1.54, 1.807) is 0 Å². The maximum absolute atomic E-state index is 14.4. The number of nitrogens with zero attached hydrogens (tertiary/aromatic N) is 1. The molecule has 6 atom stereocenters. The summed E-state index contributed by atoms with van der Waals surface area (Å²) in [6.07, 6.45) is 3.51. The zero-order valence-corrected chi connectivity index (χ0v) is 18.5. The summed E-state index contributed by atoms with van der Waals surface area (Å²) in [7, 11) is 0. The number of hydrogen-bond donors (Lipinski definition) is 4. The number of amides is 2. The van der Waals surface area contributed by atoms with Crippen molar-refractivity contribution in [3.63, 3.8) is 0 Å². The SMILES string of the molecule is CC(F)(F)c1coc(CNC(=O)C2C3CCC(C34CC4)C2(N)C(=O)NC2CCNC[C@@H]2F)n1. The number of nitrogens with two attached hydrogens (primary N) is 1. The first-order chi connectivity index (χ1) is 15.6. The van der Waals surface area contributed by atoms with E-state index < -0.39 is 47.1 Å². The van der Waals surface area contributed by atoms with Gasteiger partial charge in [-0.15, -0.1) is 0 Å². The monoisotopic (exact) mass is 469 g/mol. The first-order valence-electron chi connectivity index (χ1n) is 11.6. The van der Waals surface area contributed by atoms with Crippen LogP contribution in [0.15, 0.2) is 10.7 Å². The molecule has 1 aliphatic heterocycles. The van der Waals surface area contributed by atoms with Gasteiger partial charge in [-0.3, -0.25) is 9.59 Å². The third-order valence-electron chi connectivity index (χ3n) is 8.34. The molecular weight excluding hydrogens is 439 g/mol. The van der Waals surface area contributed by atoms with Crippen LogP contribution < -0.4 is 21.7 Å². The summed E-state index contributed by atoms with van der Waals surface area (Å²) in [5, 5.41) is 8.46. The Hall–Kier alpha value is -2.14. The molecule has 8 nitrogen and oxygen atoms in total. The molecule has 2 bridgehead atoms. The molecule has 1 aromatic heterocycles. The van der Waals surface area contributed by atoms with Crippen LogP contribution in [0.3, 0.4) is 0 Å². The predicted octanol–water partition coefficient (Wildman–Crippen LogP) is 1.35. The second-order valence-electron chi connectivity index (χ2n) is 10.2. The van der Waals surface area contributed by atoms with Crippen molar-refractivity contribution in [3.05, 3.63) is 17.8 Å². The quantitative estimate of drug-likeness (QED) is 0.499. The van der Waals surface area contributed by atoms with E-state index in [9.17, 15) is 22.8 Å². The number of rotatable bonds is 6. The maximum Gasteiger partial charge on any atom is 0.290 e. The van der Waals surface area contributed by atoms with Crippen LogP contribution in [0.25, 0.3) is 0 Å². The number of alkyl halides is 3. The molecule has 5 N–H and O–H groups in total. The highest BCUT2D eigenvalue weighted by Gasteiger charge is 2.77. The van der Waals surface area contributed by atoms with Gasteiger partial charge in [0.15, 0.2) is 0 Å². The van der Waals surface area contributed by atoms with Crippen LogP contribution in [-0.2, 0) is 22.1 Å². The maximum atomic E-state index is 14.4. The van der Waals surface area contributed by atoms with E-state index in [2.05, 4.69) is 20.9 Å². The van der Waals surface area contributed by atoms with Crippen molar-refractivity contribution in [2.24, 2.45) is 28.9 Å². The highest BCUT2D eigenvalue weighted by atomic mass is 19.3. The fourth-order valence-electron chi connectivity index (χ4n) is 6.65. The van der Waals surface area contributed by atoms with Gasteiger partial charge >= 0.3 is 0 Å². The van der Waals surface area contributed by atoms with Crippen LogP contribution in [0, 0.1) is 23.2 Å². The number of halogens is 3. The smallest absolute Gasteiger partial charge is 0.290 e. The summed E-state index contributed by atoms with van der Waals surface area (Å²) in [4.78, 5) is 30.5. The Morgan fingerprint density at radius 1 is 1.33 bits per heavy atom. The molecule has 3 aliphatic carbocycles. The number of oxazole rings is 1. The lowest BCUT2D eigenvalue weighted by atomic mass is 9.71. The molecule has 0 radical (unpaired) electrons. The summed E-state index contributed by atoms with van der Waals surface area (Å²) in [5.41, 5.74) is 4.73. The van der Waals surface area contributed by atoms with E-state index in [4.69, 9.17) is 10.2 Å². The Labute approximate surface area is 189 Å². The highest BCUT2D eigenvalue weighted by Crippen LogP contribution is 2.75. The van der Waals surface area contributed by atoms with Crippen LogP contribution in [0.2, 0.25) is 0 Å². The van der Waals surface area contributed by atoms with Crippen LogP contribution in [0.5, 0.6) is 0 Å². The fraction of sp³-hybridized carbons (Fsp3) is 0.773. The normalized spacial score (nSPS) is 36.7. The van der Waals surface area contributed by atoms with Crippen LogP contribution in [0.4, 0.5) is 13.2 Å². The molecule has 1 spiro atoms. The summed E-state index contributed by atoms with van der Waals surface area (Å²) in [5.74, 6) is -5.05. The van der Waals surface area contributed by atoms with Crippen LogP contribution in [0.1, 0.15) is 50.6 Å². The lowest BCUT2D eigenvalue weighted by Crippen LogP contribution is -2.67. The Kier molecular flexibility index (Phi) is 5.28. The Bertz CT molecular complexity index is 946. The minimum atomic E-state index is -3.15. The number of nitrogens with one attached hydrogen (secondary N) is 3. The standard InChI is InChI=1S/C22H30F3N5O3/c1-20(24,25)15-10-33-16(30-15)9-28-18(31)17-11-2-3-14(21(11)5-6-21)22(17,26)19(32)29-13-4-7-27-8-12(13)23/h10-14,17,27H,2-9,26H2,1H3,(H,28,31)(H,29,32)/t11?,12-,13?,14?,17?,22?/m0/s1. The number of carbonyl (C=O) groups excluding carboxylic acids is 2. The average molecular weight is 470 g/mol. The largest absolute Gasteiger partial charge is 0.447 e. The Balaban J connectivity index is 1.34. The fourth-order valence-corrected chi connectivity index (χ4v) is 6.65. The summed E-state index contributed by atoms with van der Waals surface area (Å²) < 4.78 is 46.3. The summed E-state index contributed by atoms with van der Waals surface area (Å²) in [6.45, 7) is 1.28. The lowest BCUT2D eigenvalue weighted by Gasteiger charge is -2.40. The topological polar surface area (TPSA) is 122 Å². The first-order valence-corrected chi connectivity index (χ1v) is 11.6. The van der Waals surface area contributed by atoms with Gasteiger partial charge in [0.2, 0.25) is 17.7 Å². The van der Waals surface area contributed by atoms with Crippen molar-refractivity contribution in [3.8, 4) is 0 Å². The van der Waals surface area contributed by atoms with E-state index in [-0.39, 0.29) is 36.2 Å². The number of aromatic nitrogens is 1. The van der Waals surface area contributed by atoms with Gasteiger partial charge in [0.25, 0.3) is 5.92 Å². The van der Waals surface area contributed by atoms with Gasteiger partial charge in [0.05, 0.1) is 18.5 Å². The molecule has 11 heteroatoms. The van der Waals surface area contributed by atoms with E-state index in [1.165, 1.54) is 0 Å². The average Bonchev–Trinajstić information content (AvgIpc) is 3.16. The molecule has 3 saturated carbocycles. The molecule has 5 unspecified atom stereocenters. The van der Waals surface area contributed by atoms with E-state index in [0.717, 1.165) is 31.9 Å². The molecular formula is C22H30F3N5O3. The van der Waals surface area contributed by atoms with E-state index in [1.807, 2.05) is 0 Å². The van der Waals surface area contributed by atoms with Crippen molar-refractivity contribution in [2.45, 2.75) is 69.2 Å². The zero-order chi connectivity index (χ0) is 23.6. The number of carbonyl (C=O) groups is 2. The van der Waals surface area contributed by atoms with Crippen LogP contribution in [-0.4, -0.2) is 47.6 Å². The van der Waals surface area contributed by atoms with Crippen molar-refractivity contribution in [2.75, 3.05) is 13.1 Å². The minimum Gasteiger partial charge on any atom is -0.447 e. The second-order valence-corrected chi connectivity index (χ2v) is 10.2. The van der Waals surface area contributed by atoms with Crippen molar-refractivity contribution < 1.29 is 27.2 Å². The van der Waals surface area contributed by atoms with E-state index >= 15 is 0 Å². The first kappa shape index (κ1) is 22.6. The van der Waals surface area contributed by atoms with Gasteiger partial charge in [-0.2, -0.15) is 8.78 Å². The van der Waals surface area contributed by atoms with Gasteiger partial charge in [-0.1, -0.05) is 0 Å². The molecule has 1 aromatic rings. The third kappa shape index (κ3) is 3.54. The van der Waals surface area contributed by atoms with Gasteiger partial charge in [0.1, 0.15) is 23.7 Å². The molecule has 33 heavy (non-hydrogen) atoms.